The lowest BCUT2D eigenvalue weighted by molar-refractivity contribution is -0.384. The highest BCUT2D eigenvalue weighted by Gasteiger charge is 2.25. The number of nitro benzene ring substituents is 1. The van der Waals surface area contributed by atoms with E-state index in [9.17, 15) is 10.1 Å². The Bertz CT molecular complexity index is 653. The molecule has 0 amide bonds. The first-order valence-electron chi connectivity index (χ1n) is 6.21. The summed E-state index contributed by atoms with van der Waals surface area (Å²) in [6.07, 6.45) is 4.04. The van der Waals surface area contributed by atoms with Gasteiger partial charge in [0.2, 0.25) is 0 Å². The van der Waals surface area contributed by atoms with Crippen molar-refractivity contribution in [2.24, 2.45) is 0 Å². The topological polar surface area (TPSA) is 85.9 Å². The lowest BCUT2D eigenvalue weighted by Crippen LogP contribution is -2.07. The van der Waals surface area contributed by atoms with E-state index < -0.39 is 4.92 Å². The Morgan fingerprint density at radius 2 is 2.30 bits per heavy atom. The van der Waals surface area contributed by atoms with Crippen LogP contribution in [0.1, 0.15) is 24.7 Å². The highest BCUT2D eigenvalue weighted by molar-refractivity contribution is 6.33. The zero-order chi connectivity index (χ0) is 14.1. The van der Waals surface area contributed by atoms with Crippen molar-refractivity contribution >= 4 is 23.0 Å². The highest BCUT2D eigenvalue weighted by atomic mass is 35.5. The van der Waals surface area contributed by atoms with E-state index in [0.717, 1.165) is 18.7 Å². The zero-order valence-electron chi connectivity index (χ0n) is 10.5. The normalized spacial score (nSPS) is 14.2. The van der Waals surface area contributed by atoms with Gasteiger partial charge in [-0.25, -0.2) is 0 Å². The van der Waals surface area contributed by atoms with Gasteiger partial charge >= 0.3 is 0 Å². The third kappa shape index (κ3) is 2.57. The van der Waals surface area contributed by atoms with Crippen LogP contribution >= 0.6 is 11.6 Å². The van der Waals surface area contributed by atoms with Crippen molar-refractivity contribution in [3.8, 4) is 0 Å². The van der Waals surface area contributed by atoms with Gasteiger partial charge in [-0.3, -0.25) is 10.1 Å². The maximum Gasteiger partial charge on any atom is 0.271 e. The van der Waals surface area contributed by atoms with Gasteiger partial charge in [0.05, 0.1) is 22.2 Å². The standard InChI is InChI=1S/C12H12ClN5O2/c13-10-5-9(18(19)20)3-4-11(10)14-6-12-16-15-7-17(12)8-1-2-8/h3-5,7-8,14H,1-2,6H2. The van der Waals surface area contributed by atoms with Gasteiger partial charge in [-0.15, -0.1) is 10.2 Å². The van der Waals surface area contributed by atoms with E-state index >= 15 is 0 Å². The third-order valence-electron chi connectivity index (χ3n) is 3.19. The molecule has 3 rings (SSSR count). The molecule has 0 atom stereocenters. The second-order valence-electron chi connectivity index (χ2n) is 4.66. The third-order valence-corrected chi connectivity index (χ3v) is 3.50. The Labute approximate surface area is 119 Å². The van der Waals surface area contributed by atoms with E-state index in [-0.39, 0.29) is 5.69 Å². The van der Waals surface area contributed by atoms with Gasteiger partial charge in [-0.05, 0) is 18.9 Å². The molecule has 20 heavy (non-hydrogen) atoms. The van der Waals surface area contributed by atoms with E-state index in [1.54, 1.807) is 12.4 Å². The summed E-state index contributed by atoms with van der Waals surface area (Å²) in [5.74, 6) is 0.835. The SMILES string of the molecule is O=[N+]([O-])c1ccc(NCc2nncn2C2CC2)c(Cl)c1. The summed E-state index contributed by atoms with van der Waals surface area (Å²) in [6, 6.07) is 4.85. The Kier molecular flexibility index (Phi) is 3.27. The Balaban J connectivity index is 1.71. The molecule has 1 N–H and O–H groups in total. The van der Waals surface area contributed by atoms with Crippen LogP contribution in [0.25, 0.3) is 0 Å². The number of nitro groups is 1. The summed E-state index contributed by atoms with van der Waals surface area (Å²) < 4.78 is 2.05. The molecule has 0 spiro atoms. The number of hydrogen-bond donors (Lipinski definition) is 1. The molecule has 0 radical (unpaired) electrons. The summed E-state index contributed by atoms with van der Waals surface area (Å²) in [7, 11) is 0. The molecule has 0 bridgehead atoms. The average Bonchev–Trinajstić information content (AvgIpc) is 3.16. The molecule has 104 valence electrons. The van der Waals surface area contributed by atoms with Crippen molar-refractivity contribution in [3.05, 3.63) is 45.5 Å². The highest BCUT2D eigenvalue weighted by Crippen LogP contribution is 2.35. The molecular formula is C12H12ClN5O2. The van der Waals surface area contributed by atoms with Crippen LogP contribution in [0.4, 0.5) is 11.4 Å². The largest absolute Gasteiger partial charge is 0.377 e. The van der Waals surface area contributed by atoms with Gasteiger partial charge in [0.25, 0.3) is 5.69 Å². The summed E-state index contributed by atoms with van der Waals surface area (Å²) >= 11 is 6.02. The molecular weight excluding hydrogens is 282 g/mol. The minimum absolute atomic E-state index is 0.0262. The number of rotatable bonds is 5. The second-order valence-corrected chi connectivity index (χ2v) is 5.07. The fourth-order valence-corrected chi connectivity index (χ4v) is 2.23. The molecule has 1 fully saturated rings. The molecule has 0 unspecified atom stereocenters. The average molecular weight is 294 g/mol. The first kappa shape index (κ1) is 12.9. The van der Waals surface area contributed by atoms with Crippen molar-refractivity contribution in [2.45, 2.75) is 25.4 Å². The van der Waals surface area contributed by atoms with Crippen LogP contribution in [-0.4, -0.2) is 19.7 Å². The van der Waals surface area contributed by atoms with E-state index in [1.807, 2.05) is 4.57 Å². The maximum absolute atomic E-state index is 10.6. The first-order chi connectivity index (χ1) is 9.65. The van der Waals surface area contributed by atoms with Gasteiger partial charge in [-0.2, -0.15) is 0 Å². The summed E-state index contributed by atoms with van der Waals surface area (Å²) in [5.41, 5.74) is 0.615. The van der Waals surface area contributed by atoms with Crippen LogP contribution in [0.3, 0.4) is 0 Å². The smallest absolute Gasteiger partial charge is 0.271 e. The maximum atomic E-state index is 10.6. The van der Waals surface area contributed by atoms with Crippen molar-refractivity contribution < 1.29 is 4.92 Å². The second kappa shape index (κ2) is 5.09. The summed E-state index contributed by atoms with van der Waals surface area (Å²) in [6.45, 7) is 0.480. The molecule has 0 aliphatic heterocycles. The van der Waals surface area contributed by atoms with E-state index in [2.05, 4.69) is 15.5 Å². The van der Waals surface area contributed by atoms with Crippen LogP contribution in [0.2, 0.25) is 5.02 Å². The molecule has 7 nitrogen and oxygen atoms in total. The fraction of sp³-hybridized carbons (Fsp3) is 0.333. The number of non-ortho nitro benzene ring substituents is 1. The lowest BCUT2D eigenvalue weighted by Gasteiger charge is -2.09. The Morgan fingerprint density at radius 1 is 1.50 bits per heavy atom. The molecule has 8 heteroatoms. The van der Waals surface area contributed by atoms with E-state index in [0.29, 0.717) is 23.3 Å². The predicted molar refractivity (Wildman–Crippen MR) is 73.7 cm³/mol. The number of halogens is 1. The van der Waals surface area contributed by atoms with Gasteiger partial charge in [0.1, 0.15) is 6.33 Å². The fourth-order valence-electron chi connectivity index (χ4n) is 1.99. The minimum Gasteiger partial charge on any atom is -0.377 e. The number of nitrogens with zero attached hydrogens (tertiary/aromatic N) is 4. The summed E-state index contributed by atoms with van der Waals surface area (Å²) in [4.78, 5) is 10.2. The van der Waals surface area contributed by atoms with Crippen LogP contribution in [0.15, 0.2) is 24.5 Å². The van der Waals surface area contributed by atoms with Gasteiger partial charge < -0.3 is 9.88 Å². The monoisotopic (exact) mass is 293 g/mol. The van der Waals surface area contributed by atoms with Crippen LogP contribution in [0.5, 0.6) is 0 Å². The van der Waals surface area contributed by atoms with Crippen molar-refractivity contribution in [1.82, 2.24) is 14.8 Å². The Hall–Kier alpha value is -2.15. The molecule has 1 saturated carbocycles. The molecule has 1 aliphatic carbocycles. The first-order valence-corrected chi connectivity index (χ1v) is 6.59. The van der Waals surface area contributed by atoms with E-state index in [4.69, 9.17) is 11.6 Å². The molecule has 0 saturated heterocycles. The van der Waals surface area contributed by atoms with Crippen LogP contribution in [-0.2, 0) is 6.54 Å². The zero-order valence-corrected chi connectivity index (χ0v) is 11.2. The number of aromatic nitrogens is 3. The van der Waals surface area contributed by atoms with Gasteiger partial charge in [-0.1, -0.05) is 11.6 Å². The Morgan fingerprint density at radius 3 is 2.95 bits per heavy atom. The number of nitrogens with one attached hydrogen (secondary N) is 1. The minimum atomic E-state index is -0.473. The quantitative estimate of drug-likeness (QED) is 0.676. The van der Waals surface area contributed by atoms with Crippen LogP contribution in [0, 0.1) is 10.1 Å². The van der Waals surface area contributed by atoms with Gasteiger partial charge in [0.15, 0.2) is 5.82 Å². The lowest BCUT2D eigenvalue weighted by atomic mass is 10.3. The van der Waals surface area contributed by atoms with Crippen molar-refractivity contribution in [1.29, 1.82) is 0 Å². The molecule has 1 heterocycles. The van der Waals surface area contributed by atoms with Crippen LogP contribution < -0.4 is 5.32 Å². The summed E-state index contributed by atoms with van der Waals surface area (Å²) in [5, 5.41) is 22.1. The number of benzene rings is 1. The number of hydrogen-bond acceptors (Lipinski definition) is 5. The van der Waals surface area contributed by atoms with Crippen molar-refractivity contribution in [2.75, 3.05) is 5.32 Å². The number of anilines is 1. The van der Waals surface area contributed by atoms with Gasteiger partial charge in [0, 0.05) is 18.2 Å². The molecule has 2 aromatic rings. The molecule has 1 aliphatic rings. The predicted octanol–water partition coefficient (Wildman–Crippen LogP) is 2.79. The van der Waals surface area contributed by atoms with E-state index in [1.165, 1.54) is 12.1 Å². The molecule has 1 aromatic heterocycles. The molecule has 1 aromatic carbocycles. The van der Waals surface area contributed by atoms with Crippen molar-refractivity contribution in [3.63, 3.8) is 0 Å².